The lowest BCUT2D eigenvalue weighted by atomic mass is 9.91. The molecule has 7 heteroatoms. The molecule has 0 aliphatic carbocycles. The summed E-state index contributed by atoms with van der Waals surface area (Å²) >= 11 is 6.20. The van der Waals surface area contributed by atoms with E-state index < -0.39 is 5.91 Å². The van der Waals surface area contributed by atoms with Gasteiger partial charge in [-0.25, -0.2) is 0 Å². The summed E-state index contributed by atoms with van der Waals surface area (Å²) in [6, 6.07) is 12.5. The smallest absolute Gasteiger partial charge is 0.249 e. The van der Waals surface area contributed by atoms with Gasteiger partial charge in [-0.15, -0.1) is 0 Å². The quantitative estimate of drug-likeness (QED) is 0.709. The van der Waals surface area contributed by atoms with E-state index in [4.69, 9.17) is 22.1 Å². The Morgan fingerprint density at radius 3 is 2.68 bits per heavy atom. The van der Waals surface area contributed by atoms with Crippen LogP contribution < -0.4 is 5.73 Å². The summed E-state index contributed by atoms with van der Waals surface area (Å²) in [5, 5.41) is 1.75. The maximum Gasteiger partial charge on any atom is 0.249 e. The number of amides is 2. The number of halogens is 1. The first-order chi connectivity index (χ1) is 13.5. The van der Waals surface area contributed by atoms with Gasteiger partial charge in [-0.2, -0.15) is 0 Å². The van der Waals surface area contributed by atoms with E-state index in [9.17, 15) is 9.59 Å². The Bertz CT molecular complexity index is 1060. The number of hydrogen-bond acceptors (Lipinski definition) is 3. The van der Waals surface area contributed by atoms with E-state index in [1.165, 1.54) is 7.11 Å². The van der Waals surface area contributed by atoms with Gasteiger partial charge in [0.05, 0.1) is 6.04 Å². The number of ether oxygens (including phenoxy) is 1. The van der Waals surface area contributed by atoms with Crippen molar-refractivity contribution in [1.82, 2.24) is 9.88 Å². The zero-order valence-corrected chi connectivity index (χ0v) is 16.1. The third-order valence-corrected chi connectivity index (χ3v) is 5.42. The standard InChI is InChI=1S/C21H20ClN3O3/c1-28-11-18(26)25-9-8-15-16-10-14(22)6-7-17(16)24-19(15)20(25)12-2-4-13(5-3-12)21(23)27/h2-7,10,20,24H,8-9,11H2,1H3,(H2,23,27). The van der Waals surface area contributed by atoms with Crippen molar-refractivity contribution in [3.05, 3.63) is 69.9 Å². The molecule has 1 atom stereocenters. The molecule has 0 fully saturated rings. The van der Waals surface area contributed by atoms with E-state index in [1.54, 1.807) is 12.1 Å². The van der Waals surface area contributed by atoms with Crippen LogP contribution in [0.2, 0.25) is 5.02 Å². The second kappa shape index (κ2) is 7.30. The predicted octanol–water partition coefficient (Wildman–Crippen LogP) is 3.04. The zero-order valence-electron chi connectivity index (χ0n) is 15.4. The first-order valence-corrected chi connectivity index (χ1v) is 9.35. The van der Waals surface area contributed by atoms with Crippen LogP contribution in [0.15, 0.2) is 42.5 Å². The number of fused-ring (bicyclic) bond motifs is 3. The van der Waals surface area contributed by atoms with Gasteiger partial charge in [-0.05, 0) is 47.9 Å². The molecule has 1 unspecified atom stereocenters. The molecule has 0 radical (unpaired) electrons. The third-order valence-electron chi connectivity index (χ3n) is 5.19. The van der Waals surface area contributed by atoms with Crippen molar-refractivity contribution < 1.29 is 14.3 Å². The average molecular weight is 398 g/mol. The molecule has 6 nitrogen and oxygen atoms in total. The van der Waals surface area contributed by atoms with E-state index in [-0.39, 0.29) is 18.6 Å². The highest BCUT2D eigenvalue weighted by atomic mass is 35.5. The Morgan fingerprint density at radius 2 is 2.00 bits per heavy atom. The summed E-state index contributed by atoms with van der Waals surface area (Å²) in [7, 11) is 1.51. The first kappa shape index (κ1) is 18.5. The van der Waals surface area contributed by atoms with Crippen molar-refractivity contribution in [1.29, 1.82) is 0 Å². The van der Waals surface area contributed by atoms with Crippen LogP contribution in [0.5, 0.6) is 0 Å². The van der Waals surface area contributed by atoms with E-state index in [0.29, 0.717) is 17.1 Å². The van der Waals surface area contributed by atoms with Crippen LogP contribution in [0.3, 0.4) is 0 Å². The van der Waals surface area contributed by atoms with Crippen LogP contribution >= 0.6 is 11.6 Å². The van der Waals surface area contributed by atoms with Crippen LogP contribution in [0.1, 0.15) is 33.2 Å². The summed E-state index contributed by atoms with van der Waals surface area (Å²) in [6.07, 6.45) is 0.723. The molecular weight excluding hydrogens is 378 g/mol. The molecule has 0 spiro atoms. The molecule has 3 aromatic rings. The molecule has 0 saturated carbocycles. The minimum Gasteiger partial charge on any atom is -0.375 e. The lowest BCUT2D eigenvalue weighted by molar-refractivity contribution is -0.137. The second-order valence-electron chi connectivity index (χ2n) is 6.87. The van der Waals surface area contributed by atoms with Crippen molar-refractivity contribution in [2.45, 2.75) is 12.5 Å². The Morgan fingerprint density at radius 1 is 1.25 bits per heavy atom. The topological polar surface area (TPSA) is 88.4 Å². The minimum absolute atomic E-state index is 0.0112. The van der Waals surface area contributed by atoms with Crippen molar-refractivity contribution >= 4 is 34.3 Å². The number of aromatic nitrogens is 1. The highest BCUT2D eigenvalue weighted by Crippen LogP contribution is 2.39. The van der Waals surface area contributed by atoms with Crippen LogP contribution in [-0.4, -0.2) is 42.0 Å². The van der Waals surface area contributed by atoms with Crippen LogP contribution in [-0.2, 0) is 16.0 Å². The van der Waals surface area contributed by atoms with E-state index in [2.05, 4.69) is 4.98 Å². The lowest BCUT2D eigenvalue weighted by Gasteiger charge is -2.36. The highest BCUT2D eigenvalue weighted by Gasteiger charge is 2.34. The molecule has 28 heavy (non-hydrogen) atoms. The van der Waals surface area contributed by atoms with Crippen LogP contribution in [0.4, 0.5) is 0 Å². The van der Waals surface area contributed by atoms with Gasteiger partial charge in [0, 0.05) is 40.8 Å². The van der Waals surface area contributed by atoms with E-state index >= 15 is 0 Å². The van der Waals surface area contributed by atoms with E-state index in [1.807, 2.05) is 35.2 Å². The highest BCUT2D eigenvalue weighted by molar-refractivity contribution is 6.31. The lowest BCUT2D eigenvalue weighted by Crippen LogP contribution is -2.42. The molecule has 1 aliphatic rings. The molecule has 3 N–H and O–H groups in total. The van der Waals surface area contributed by atoms with Crippen molar-refractivity contribution in [2.24, 2.45) is 5.73 Å². The fourth-order valence-electron chi connectivity index (χ4n) is 3.91. The number of rotatable bonds is 4. The number of methoxy groups -OCH3 is 1. The number of nitrogens with zero attached hydrogens (tertiary/aromatic N) is 1. The number of nitrogens with one attached hydrogen (secondary N) is 1. The maximum absolute atomic E-state index is 12.7. The summed E-state index contributed by atoms with van der Waals surface area (Å²) in [4.78, 5) is 29.4. The molecule has 2 aromatic carbocycles. The van der Waals surface area contributed by atoms with Gasteiger partial charge >= 0.3 is 0 Å². The van der Waals surface area contributed by atoms with Crippen molar-refractivity contribution in [3.63, 3.8) is 0 Å². The van der Waals surface area contributed by atoms with Gasteiger partial charge in [0.25, 0.3) is 0 Å². The van der Waals surface area contributed by atoms with Gasteiger partial charge < -0.3 is 20.4 Å². The zero-order chi connectivity index (χ0) is 19.8. The average Bonchev–Trinajstić information content (AvgIpc) is 3.05. The molecule has 2 amide bonds. The number of nitrogens with two attached hydrogens (primary N) is 1. The summed E-state index contributed by atoms with van der Waals surface area (Å²) < 4.78 is 5.07. The van der Waals surface area contributed by atoms with Gasteiger partial charge in [0.15, 0.2) is 0 Å². The Balaban J connectivity index is 1.86. The van der Waals surface area contributed by atoms with Crippen molar-refractivity contribution in [2.75, 3.05) is 20.3 Å². The molecule has 4 rings (SSSR count). The second-order valence-corrected chi connectivity index (χ2v) is 7.30. The molecule has 1 aromatic heterocycles. The van der Waals surface area contributed by atoms with Gasteiger partial charge in [-0.3, -0.25) is 9.59 Å². The van der Waals surface area contributed by atoms with E-state index in [0.717, 1.165) is 34.1 Å². The molecule has 1 aliphatic heterocycles. The Hall–Kier alpha value is -2.83. The molecule has 0 bridgehead atoms. The number of primary amides is 1. The number of carbonyl (C=O) groups excluding carboxylic acids is 2. The minimum atomic E-state index is -0.483. The number of carbonyl (C=O) groups is 2. The Labute approximate surface area is 167 Å². The molecule has 144 valence electrons. The summed E-state index contributed by atoms with van der Waals surface area (Å²) in [5.74, 6) is -0.572. The number of aromatic amines is 1. The fraction of sp³-hybridized carbons (Fsp3) is 0.238. The van der Waals surface area contributed by atoms with Gasteiger partial charge in [0.2, 0.25) is 11.8 Å². The van der Waals surface area contributed by atoms with Gasteiger partial charge in [-0.1, -0.05) is 23.7 Å². The summed E-state index contributed by atoms with van der Waals surface area (Å²) in [6.45, 7) is 0.578. The van der Waals surface area contributed by atoms with Crippen molar-refractivity contribution in [3.8, 4) is 0 Å². The van der Waals surface area contributed by atoms with Gasteiger partial charge in [0.1, 0.15) is 6.61 Å². The summed E-state index contributed by atoms with van der Waals surface area (Å²) in [5.41, 5.74) is 9.78. The largest absolute Gasteiger partial charge is 0.375 e. The third kappa shape index (κ3) is 3.15. The molecule has 2 heterocycles. The van der Waals surface area contributed by atoms with Crippen LogP contribution in [0.25, 0.3) is 10.9 Å². The predicted molar refractivity (Wildman–Crippen MR) is 107 cm³/mol. The SMILES string of the molecule is COCC(=O)N1CCc2c([nH]c3ccc(Cl)cc23)C1c1ccc(C(N)=O)cc1. The maximum atomic E-state index is 12.7. The Kier molecular flexibility index (Phi) is 4.83. The number of hydrogen-bond donors (Lipinski definition) is 2. The normalized spacial score (nSPS) is 16.2. The monoisotopic (exact) mass is 397 g/mol. The number of benzene rings is 2. The molecule has 0 saturated heterocycles. The fourth-order valence-corrected chi connectivity index (χ4v) is 4.08. The first-order valence-electron chi connectivity index (χ1n) is 8.97. The number of H-pyrrole nitrogens is 1. The molecular formula is C21H20ClN3O3. The van der Waals surface area contributed by atoms with Crippen LogP contribution in [0, 0.1) is 0 Å².